The molecule has 0 aromatic heterocycles. The molecule has 0 fully saturated rings. The molecule has 0 saturated heterocycles. The topological polar surface area (TPSA) is 102 Å². The van der Waals surface area contributed by atoms with Crippen molar-refractivity contribution in [2.75, 3.05) is 27.4 Å². The van der Waals surface area contributed by atoms with Crippen LogP contribution in [0.25, 0.3) is 0 Å². The van der Waals surface area contributed by atoms with Gasteiger partial charge in [0, 0.05) is 18.5 Å². The van der Waals surface area contributed by atoms with Crippen molar-refractivity contribution < 1.29 is 28.1 Å². The molecule has 1 amide bonds. The number of methoxy groups -OCH3 is 2. The molecule has 3 rings (SSSR count). The maximum absolute atomic E-state index is 13.4. The van der Waals surface area contributed by atoms with Gasteiger partial charge in [-0.1, -0.05) is 126 Å². The lowest BCUT2D eigenvalue weighted by molar-refractivity contribution is -0.149. The van der Waals surface area contributed by atoms with E-state index in [1.807, 2.05) is 78.9 Å². The molecular weight excluding hydrogens is 721 g/mol. The summed E-state index contributed by atoms with van der Waals surface area (Å²) in [7, 11) is 1.57. The molecule has 0 bridgehead atoms. The van der Waals surface area contributed by atoms with E-state index in [-0.39, 0.29) is 37.6 Å². The van der Waals surface area contributed by atoms with E-state index in [1.165, 1.54) is 51.4 Å². The van der Waals surface area contributed by atoms with Crippen molar-refractivity contribution in [1.82, 2.24) is 9.99 Å². The van der Waals surface area contributed by atoms with Gasteiger partial charge < -0.3 is 24.1 Å². The van der Waals surface area contributed by atoms with Crippen LogP contribution in [0.4, 0.5) is 0 Å². The van der Waals surface area contributed by atoms with Crippen molar-refractivity contribution in [3.8, 4) is 17.6 Å². The van der Waals surface area contributed by atoms with Crippen LogP contribution in [0.1, 0.15) is 135 Å². The molecule has 0 aliphatic heterocycles. The molecule has 2 atom stereocenters. The Morgan fingerprint density at radius 3 is 1.68 bits per heavy atom. The molecular formula is C46H68N3O6P. The first kappa shape index (κ1) is 46.9. The molecule has 0 aliphatic rings. The number of benzene rings is 3. The highest BCUT2D eigenvalue weighted by molar-refractivity contribution is 7.44. The summed E-state index contributed by atoms with van der Waals surface area (Å²) >= 11 is 0. The lowest BCUT2D eigenvalue weighted by atomic mass is 9.80. The second-order valence-corrected chi connectivity index (χ2v) is 16.2. The van der Waals surface area contributed by atoms with Crippen molar-refractivity contribution in [2.45, 2.75) is 142 Å². The number of hydrogen-bond donors (Lipinski definition) is 1. The fourth-order valence-electron chi connectivity index (χ4n) is 6.96. The highest BCUT2D eigenvalue weighted by atomic mass is 31.2. The first-order valence-electron chi connectivity index (χ1n) is 20.7. The standard InChI is InChI=1S/C46H68N3O6P/c1-8-9-10-11-12-13-14-15-16-17-21-25-44(50)48-36-45(55-56(53-35-22-34-47)49(37(2)3)38(4)5)54-46(39-23-19-18-20-24-39,40-26-30-42(51-6)31-27-40)41-28-32-43(52-7)33-29-41/h18-20,23-24,26-33,37-38,45H,8-17,21-22,25,35-36H2,1-7H3,(H,48,50)/t45-,56?/m0/s1. The molecule has 0 spiro atoms. The summed E-state index contributed by atoms with van der Waals surface area (Å²) in [6, 6.07) is 28.0. The van der Waals surface area contributed by atoms with Gasteiger partial charge in [-0.25, -0.2) is 4.67 Å². The average Bonchev–Trinajstić information content (AvgIpc) is 3.21. The van der Waals surface area contributed by atoms with Crippen LogP contribution in [0.3, 0.4) is 0 Å². The Kier molecular flexibility index (Phi) is 22.1. The van der Waals surface area contributed by atoms with Crippen LogP contribution >= 0.6 is 8.53 Å². The number of ether oxygens (including phenoxy) is 3. The van der Waals surface area contributed by atoms with Gasteiger partial charge in [-0.3, -0.25) is 9.32 Å². The maximum atomic E-state index is 13.4. The van der Waals surface area contributed by atoms with Gasteiger partial charge in [0.15, 0.2) is 6.29 Å². The van der Waals surface area contributed by atoms with Crippen LogP contribution < -0.4 is 14.8 Å². The Hall–Kier alpha value is -3.51. The van der Waals surface area contributed by atoms with E-state index in [1.54, 1.807) is 14.2 Å². The highest BCUT2D eigenvalue weighted by Gasteiger charge is 2.42. The summed E-state index contributed by atoms with van der Waals surface area (Å²) < 4.78 is 33.9. The number of rotatable bonds is 29. The minimum atomic E-state index is -1.72. The molecule has 3 aromatic carbocycles. The Balaban J connectivity index is 1.96. The van der Waals surface area contributed by atoms with Crippen molar-refractivity contribution in [2.24, 2.45) is 0 Å². The molecule has 0 saturated carbocycles. The van der Waals surface area contributed by atoms with E-state index >= 15 is 0 Å². The second kappa shape index (κ2) is 26.4. The zero-order chi connectivity index (χ0) is 40.6. The Morgan fingerprint density at radius 2 is 1.21 bits per heavy atom. The van der Waals surface area contributed by atoms with Crippen molar-refractivity contribution in [3.05, 3.63) is 95.6 Å². The van der Waals surface area contributed by atoms with Gasteiger partial charge in [0.05, 0.1) is 39.9 Å². The average molecular weight is 790 g/mol. The number of nitriles is 1. The summed E-state index contributed by atoms with van der Waals surface area (Å²) in [5.41, 5.74) is 1.36. The van der Waals surface area contributed by atoms with Crippen LogP contribution in [0, 0.1) is 11.3 Å². The Morgan fingerprint density at radius 1 is 0.732 bits per heavy atom. The number of carbonyl (C=O) groups excluding carboxylic acids is 1. The molecule has 10 heteroatoms. The fraction of sp³-hybridized carbons (Fsp3) is 0.565. The predicted molar refractivity (Wildman–Crippen MR) is 228 cm³/mol. The number of hydrogen-bond acceptors (Lipinski definition) is 8. The van der Waals surface area contributed by atoms with Crippen molar-refractivity contribution in [3.63, 3.8) is 0 Å². The third-order valence-electron chi connectivity index (χ3n) is 9.82. The van der Waals surface area contributed by atoms with E-state index in [0.717, 1.165) is 36.0 Å². The maximum Gasteiger partial charge on any atom is 0.261 e. The number of nitrogens with zero attached hydrogens (tertiary/aromatic N) is 2. The minimum Gasteiger partial charge on any atom is -0.497 e. The molecule has 1 unspecified atom stereocenters. The van der Waals surface area contributed by atoms with Crippen molar-refractivity contribution >= 4 is 14.4 Å². The minimum absolute atomic E-state index is 0.0448. The van der Waals surface area contributed by atoms with Crippen LogP contribution in [-0.2, 0) is 24.2 Å². The summed E-state index contributed by atoms with van der Waals surface area (Å²) in [6.45, 7) is 10.9. The Bertz CT molecular complexity index is 1480. The highest BCUT2D eigenvalue weighted by Crippen LogP contribution is 2.50. The van der Waals surface area contributed by atoms with Gasteiger partial charge in [-0.2, -0.15) is 5.26 Å². The summed E-state index contributed by atoms with van der Waals surface area (Å²) in [4.78, 5) is 13.4. The van der Waals surface area contributed by atoms with Gasteiger partial charge in [-0.15, -0.1) is 0 Å². The largest absolute Gasteiger partial charge is 0.497 e. The van der Waals surface area contributed by atoms with E-state index in [2.05, 4.69) is 50.7 Å². The van der Waals surface area contributed by atoms with Crippen LogP contribution in [0.5, 0.6) is 11.5 Å². The second-order valence-electron chi connectivity index (χ2n) is 14.8. The quantitative estimate of drug-likeness (QED) is 0.0321. The summed E-state index contributed by atoms with van der Waals surface area (Å²) in [5.74, 6) is 1.38. The third kappa shape index (κ3) is 15.1. The van der Waals surface area contributed by atoms with Crippen LogP contribution in [0.2, 0.25) is 0 Å². The number of amides is 1. The first-order valence-corrected chi connectivity index (χ1v) is 21.9. The zero-order valence-corrected chi connectivity index (χ0v) is 36.0. The summed E-state index contributed by atoms with van der Waals surface area (Å²) in [5, 5.41) is 12.5. The monoisotopic (exact) mass is 789 g/mol. The number of carbonyl (C=O) groups is 1. The Labute approximate surface area is 339 Å². The van der Waals surface area contributed by atoms with Gasteiger partial charge >= 0.3 is 0 Å². The van der Waals surface area contributed by atoms with Gasteiger partial charge in [0.25, 0.3) is 8.53 Å². The molecule has 3 aromatic rings. The van der Waals surface area contributed by atoms with Gasteiger partial charge in [0.1, 0.15) is 17.1 Å². The third-order valence-corrected chi connectivity index (χ3v) is 11.9. The fourth-order valence-corrected chi connectivity index (χ4v) is 8.58. The molecule has 0 aliphatic carbocycles. The number of nitrogens with one attached hydrogen (secondary N) is 1. The SMILES string of the molecule is CCCCCCCCCCCCCC(=O)NC[C@H](OP(OCCC#N)N(C(C)C)C(C)C)OC(c1ccccc1)(c1ccc(OC)cc1)c1ccc(OC)cc1. The van der Waals surface area contributed by atoms with E-state index in [9.17, 15) is 10.1 Å². The molecule has 0 radical (unpaired) electrons. The van der Waals surface area contributed by atoms with E-state index in [4.69, 9.17) is 23.3 Å². The molecule has 56 heavy (non-hydrogen) atoms. The zero-order valence-electron chi connectivity index (χ0n) is 35.1. The summed E-state index contributed by atoms with van der Waals surface area (Å²) in [6.07, 6.45) is 13.1. The molecule has 308 valence electrons. The normalized spacial score (nSPS) is 12.8. The van der Waals surface area contributed by atoms with Crippen LogP contribution in [0.15, 0.2) is 78.9 Å². The lowest BCUT2D eigenvalue weighted by Gasteiger charge is -2.41. The molecule has 0 heterocycles. The first-order chi connectivity index (χ1) is 27.2. The lowest BCUT2D eigenvalue weighted by Crippen LogP contribution is -2.44. The van der Waals surface area contributed by atoms with Gasteiger partial charge in [-0.05, 0) is 75.1 Å². The van der Waals surface area contributed by atoms with Crippen molar-refractivity contribution in [1.29, 1.82) is 5.26 Å². The van der Waals surface area contributed by atoms with Gasteiger partial charge in [0.2, 0.25) is 5.91 Å². The smallest absolute Gasteiger partial charge is 0.261 e. The molecule has 1 N–H and O–H groups in total. The molecule has 9 nitrogen and oxygen atoms in total. The van der Waals surface area contributed by atoms with E-state index in [0.29, 0.717) is 17.9 Å². The van der Waals surface area contributed by atoms with E-state index < -0.39 is 20.4 Å². The predicted octanol–water partition coefficient (Wildman–Crippen LogP) is 11.4. The van der Waals surface area contributed by atoms with Crippen LogP contribution in [-0.4, -0.2) is 56.3 Å². The number of unbranched alkanes of at least 4 members (excludes halogenated alkanes) is 10.